The average molecular weight is 204 g/mol. The Morgan fingerprint density at radius 3 is 2.67 bits per heavy atom. The van der Waals surface area contributed by atoms with Crippen molar-refractivity contribution in [2.45, 2.75) is 19.4 Å². The molecule has 1 fully saturated rings. The van der Waals surface area contributed by atoms with Crippen LogP contribution in [0.3, 0.4) is 0 Å². The molecule has 0 radical (unpaired) electrons. The number of nitrogens with zero attached hydrogens (tertiary/aromatic N) is 1. The summed E-state index contributed by atoms with van der Waals surface area (Å²) >= 11 is 0. The summed E-state index contributed by atoms with van der Waals surface area (Å²) in [6.45, 7) is 1.91. The highest BCUT2D eigenvalue weighted by atomic mass is 16.2. The van der Waals surface area contributed by atoms with E-state index >= 15 is 0 Å². The van der Waals surface area contributed by atoms with Crippen molar-refractivity contribution in [1.29, 1.82) is 0 Å². The predicted octanol–water partition coefficient (Wildman–Crippen LogP) is 0.586. The Labute approximate surface area is 87.7 Å². The van der Waals surface area contributed by atoms with Crippen LogP contribution in [0, 0.1) is 6.92 Å². The van der Waals surface area contributed by atoms with Gasteiger partial charge in [0.25, 0.3) is 5.91 Å². The first-order valence-corrected chi connectivity index (χ1v) is 4.78. The molecule has 1 aromatic carbocycles. The van der Waals surface area contributed by atoms with Gasteiger partial charge < -0.3 is 5.73 Å². The Morgan fingerprint density at radius 2 is 2.13 bits per heavy atom. The predicted molar refractivity (Wildman–Crippen MR) is 56.3 cm³/mol. The van der Waals surface area contributed by atoms with Crippen LogP contribution in [0.4, 0.5) is 5.69 Å². The fourth-order valence-electron chi connectivity index (χ4n) is 1.69. The smallest absolute Gasteiger partial charge is 0.251 e. The van der Waals surface area contributed by atoms with Gasteiger partial charge in [-0.1, -0.05) is 12.1 Å². The van der Waals surface area contributed by atoms with Crippen molar-refractivity contribution >= 4 is 17.5 Å². The molecule has 1 aliphatic rings. The van der Waals surface area contributed by atoms with Crippen LogP contribution < -0.4 is 10.6 Å². The maximum atomic E-state index is 11.6. The monoisotopic (exact) mass is 204 g/mol. The topological polar surface area (TPSA) is 63.4 Å². The molecule has 0 spiro atoms. The number of anilines is 1. The summed E-state index contributed by atoms with van der Waals surface area (Å²) in [5.74, 6) is -0.538. The number of amides is 2. The van der Waals surface area contributed by atoms with E-state index in [4.69, 9.17) is 5.73 Å². The lowest BCUT2D eigenvalue weighted by Crippen LogP contribution is -2.35. The van der Waals surface area contributed by atoms with Crippen molar-refractivity contribution in [3.8, 4) is 0 Å². The minimum Gasteiger partial charge on any atom is -0.319 e. The maximum absolute atomic E-state index is 11.6. The van der Waals surface area contributed by atoms with E-state index in [-0.39, 0.29) is 18.2 Å². The van der Waals surface area contributed by atoms with Gasteiger partial charge in [-0.2, -0.15) is 0 Å². The van der Waals surface area contributed by atoms with Gasteiger partial charge in [-0.05, 0) is 24.6 Å². The zero-order valence-electron chi connectivity index (χ0n) is 8.43. The molecule has 2 N–H and O–H groups in total. The van der Waals surface area contributed by atoms with Gasteiger partial charge in [0.2, 0.25) is 5.91 Å². The summed E-state index contributed by atoms with van der Waals surface area (Å²) in [4.78, 5) is 24.3. The van der Waals surface area contributed by atoms with Crippen molar-refractivity contribution in [3.63, 3.8) is 0 Å². The Balaban J connectivity index is 2.39. The number of carbonyl (C=O) groups excluding carboxylic acids is 2. The zero-order chi connectivity index (χ0) is 11.0. The molecule has 1 heterocycles. The number of nitrogens with two attached hydrogens (primary N) is 1. The van der Waals surface area contributed by atoms with Crippen LogP contribution in [0.2, 0.25) is 0 Å². The highest BCUT2D eigenvalue weighted by Crippen LogP contribution is 2.22. The van der Waals surface area contributed by atoms with Crippen molar-refractivity contribution in [2.75, 3.05) is 4.90 Å². The van der Waals surface area contributed by atoms with E-state index in [1.807, 2.05) is 19.1 Å². The van der Waals surface area contributed by atoms with E-state index < -0.39 is 6.04 Å². The van der Waals surface area contributed by atoms with Crippen LogP contribution in [-0.4, -0.2) is 17.9 Å². The molecule has 1 saturated heterocycles. The second-order valence-corrected chi connectivity index (χ2v) is 3.72. The molecule has 15 heavy (non-hydrogen) atoms. The molecular weight excluding hydrogens is 192 g/mol. The second-order valence-electron chi connectivity index (χ2n) is 3.72. The lowest BCUT2D eigenvalue weighted by Gasteiger charge is -2.14. The first-order valence-electron chi connectivity index (χ1n) is 4.78. The quantitative estimate of drug-likeness (QED) is 0.681. The molecule has 2 amide bonds. The van der Waals surface area contributed by atoms with E-state index in [1.165, 1.54) is 0 Å². The number of rotatable bonds is 1. The standard InChI is InChI=1S/C11H12N2O2/c1-7-3-2-4-8(5-7)13-10(14)6-9(12)11(13)15/h2-5,9H,6,12H2,1H3. The van der Waals surface area contributed by atoms with Gasteiger partial charge in [0.1, 0.15) is 0 Å². The van der Waals surface area contributed by atoms with Gasteiger partial charge in [-0.15, -0.1) is 0 Å². The number of hydrogen-bond donors (Lipinski definition) is 1. The van der Waals surface area contributed by atoms with E-state index in [1.54, 1.807) is 12.1 Å². The van der Waals surface area contributed by atoms with Crippen LogP contribution in [0.5, 0.6) is 0 Å². The third kappa shape index (κ3) is 1.64. The summed E-state index contributed by atoms with van der Waals surface area (Å²) in [5, 5.41) is 0. The molecule has 78 valence electrons. The fraction of sp³-hybridized carbons (Fsp3) is 0.273. The van der Waals surface area contributed by atoms with Gasteiger partial charge >= 0.3 is 0 Å². The molecule has 4 heteroatoms. The Kier molecular flexibility index (Phi) is 2.28. The first-order chi connectivity index (χ1) is 7.09. The molecule has 1 unspecified atom stereocenters. The minimum atomic E-state index is -0.682. The molecule has 0 aromatic heterocycles. The highest BCUT2D eigenvalue weighted by molar-refractivity contribution is 6.22. The van der Waals surface area contributed by atoms with Crippen molar-refractivity contribution in [3.05, 3.63) is 29.8 Å². The van der Waals surface area contributed by atoms with Gasteiger partial charge in [0, 0.05) is 0 Å². The number of imide groups is 1. The molecule has 1 aromatic rings. The Bertz CT molecular complexity index is 428. The Hall–Kier alpha value is -1.68. The van der Waals surface area contributed by atoms with Gasteiger partial charge in [0.15, 0.2) is 0 Å². The van der Waals surface area contributed by atoms with E-state index in [0.717, 1.165) is 10.5 Å². The van der Waals surface area contributed by atoms with Crippen LogP contribution in [-0.2, 0) is 9.59 Å². The molecular formula is C11H12N2O2. The lowest BCUT2D eigenvalue weighted by molar-refractivity contribution is -0.121. The molecule has 4 nitrogen and oxygen atoms in total. The number of carbonyl (C=O) groups is 2. The molecule has 0 saturated carbocycles. The third-order valence-corrected chi connectivity index (χ3v) is 2.44. The number of aryl methyl sites for hydroxylation is 1. The average Bonchev–Trinajstić information content (AvgIpc) is 2.41. The summed E-state index contributed by atoms with van der Waals surface area (Å²) < 4.78 is 0. The van der Waals surface area contributed by atoms with Gasteiger partial charge in [-0.3, -0.25) is 9.59 Å². The SMILES string of the molecule is Cc1cccc(N2C(=O)CC(N)C2=O)c1. The molecule has 1 atom stereocenters. The molecule has 1 aliphatic heterocycles. The van der Waals surface area contributed by atoms with Crippen LogP contribution >= 0.6 is 0 Å². The third-order valence-electron chi connectivity index (χ3n) is 2.44. The van der Waals surface area contributed by atoms with E-state index in [0.29, 0.717) is 5.69 Å². The summed E-state index contributed by atoms with van der Waals surface area (Å²) in [5.41, 5.74) is 7.14. The molecule has 0 bridgehead atoms. The minimum absolute atomic E-state index is 0.104. The Morgan fingerprint density at radius 1 is 1.40 bits per heavy atom. The lowest BCUT2D eigenvalue weighted by atomic mass is 10.2. The first kappa shape index (κ1) is 9.86. The van der Waals surface area contributed by atoms with Crippen molar-refractivity contribution in [2.24, 2.45) is 5.73 Å². The van der Waals surface area contributed by atoms with Gasteiger partial charge in [0.05, 0.1) is 18.2 Å². The molecule has 0 aliphatic carbocycles. The maximum Gasteiger partial charge on any atom is 0.251 e. The van der Waals surface area contributed by atoms with E-state index in [2.05, 4.69) is 0 Å². The van der Waals surface area contributed by atoms with Crippen molar-refractivity contribution in [1.82, 2.24) is 0 Å². The van der Waals surface area contributed by atoms with Crippen molar-refractivity contribution < 1.29 is 9.59 Å². The summed E-state index contributed by atoms with van der Waals surface area (Å²) in [6, 6.07) is 6.58. The fourth-order valence-corrected chi connectivity index (χ4v) is 1.69. The highest BCUT2D eigenvalue weighted by Gasteiger charge is 2.37. The van der Waals surface area contributed by atoms with E-state index in [9.17, 15) is 9.59 Å². The summed E-state index contributed by atoms with van der Waals surface area (Å²) in [6.07, 6.45) is 0.104. The number of benzene rings is 1. The largest absolute Gasteiger partial charge is 0.319 e. The van der Waals surface area contributed by atoms with Crippen LogP contribution in [0.1, 0.15) is 12.0 Å². The molecule has 2 rings (SSSR count). The van der Waals surface area contributed by atoms with Crippen LogP contribution in [0.15, 0.2) is 24.3 Å². The van der Waals surface area contributed by atoms with Crippen LogP contribution in [0.25, 0.3) is 0 Å². The van der Waals surface area contributed by atoms with Gasteiger partial charge in [-0.25, -0.2) is 4.90 Å². The summed E-state index contributed by atoms with van der Waals surface area (Å²) in [7, 11) is 0. The number of hydrogen-bond acceptors (Lipinski definition) is 3. The normalized spacial score (nSPS) is 21.2. The zero-order valence-corrected chi connectivity index (χ0v) is 8.43. The second kappa shape index (κ2) is 3.47.